The summed E-state index contributed by atoms with van der Waals surface area (Å²) in [6.45, 7) is 12.9. The van der Waals surface area contributed by atoms with Crippen molar-refractivity contribution in [1.82, 2.24) is 20.2 Å². The van der Waals surface area contributed by atoms with E-state index >= 15 is 0 Å². The molecule has 0 aromatic carbocycles. The van der Waals surface area contributed by atoms with Crippen LogP contribution in [0.15, 0.2) is 6.07 Å². The van der Waals surface area contributed by atoms with Gasteiger partial charge in [0, 0.05) is 43.6 Å². The van der Waals surface area contributed by atoms with E-state index in [0.717, 1.165) is 81.7 Å². The first-order chi connectivity index (χ1) is 15.4. The maximum absolute atomic E-state index is 10.7. The van der Waals surface area contributed by atoms with Crippen LogP contribution in [0, 0.1) is 5.92 Å². The van der Waals surface area contributed by atoms with Gasteiger partial charge in [0.2, 0.25) is 6.41 Å². The fourth-order valence-corrected chi connectivity index (χ4v) is 5.09. The molecule has 2 saturated heterocycles. The standard InChI is InChI=1S/C25H41N5O2/c1-25(2,3)24-27-21(22-10-16-32-22)17-23(28-24)30-12-4-11-29(14-15-30)13-9-19-5-7-20(8-6-19)26-18-31/h17-20,22H,4-16H2,1-3H3,(H,26,31). The van der Waals surface area contributed by atoms with E-state index in [0.29, 0.717) is 6.04 Å². The first kappa shape index (κ1) is 23.4. The van der Waals surface area contributed by atoms with Gasteiger partial charge in [0.15, 0.2) is 0 Å². The Morgan fingerprint density at radius 1 is 1.09 bits per heavy atom. The lowest BCUT2D eigenvalue weighted by molar-refractivity contribution is -0.110. The van der Waals surface area contributed by atoms with Crippen molar-refractivity contribution in [3.63, 3.8) is 0 Å². The molecule has 3 fully saturated rings. The maximum Gasteiger partial charge on any atom is 0.207 e. The molecule has 3 aliphatic rings. The molecular weight excluding hydrogens is 402 g/mol. The molecule has 4 rings (SSSR count). The molecular formula is C25H41N5O2. The van der Waals surface area contributed by atoms with Crippen LogP contribution >= 0.6 is 0 Å². The molecule has 1 saturated carbocycles. The fourth-order valence-electron chi connectivity index (χ4n) is 5.09. The molecule has 7 nitrogen and oxygen atoms in total. The monoisotopic (exact) mass is 443 g/mol. The number of hydrogen-bond donors (Lipinski definition) is 1. The SMILES string of the molecule is CC(C)(C)c1nc(C2CCO2)cc(N2CCCN(CCC3CCC(NC=O)CC3)CC2)n1. The molecule has 2 aliphatic heterocycles. The van der Waals surface area contributed by atoms with Crippen molar-refractivity contribution >= 4 is 12.2 Å². The van der Waals surface area contributed by atoms with E-state index < -0.39 is 0 Å². The van der Waals surface area contributed by atoms with E-state index in [2.05, 4.69) is 42.0 Å². The van der Waals surface area contributed by atoms with Crippen LogP contribution in [0.5, 0.6) is 0 Å². The van der Waals surface area contributed by atoms with Crippen LogP contribution in [-0.4, -0.2) is 66.7 Å². The number of aromatic nitrogens is 2. The van der Waals surface area contributed by atoms with Crippen molar-refractivity contribution in [2.45, 2.75) is 83.3 Å². The third-order valence-corrected chi connectivity index (χ3v) is 7.35. The largest absolute Gasteiger partial charge is 0.372 e. The molecule has 32 heavy (non-hydrogen) atoms. The van der Waals surface area contributed by atoms with E-state index in [1.54, 1.807) is 0 Å². The molecule has 1 atom stereocenters. The van der Waals surface area contributed by atoms with Crippen LogP contribution in [-0.2, 0) is 14.9 Å². The molecule has 0 bridgehead atoms. The Morgan fingerprint density at radius 2 is 1.88 bits per heavy atom. The average Bonchev–Trinajstić information content (AvgIpc) is 2.97. The number of amides is 1. The minimum absolute atomic E-state index is 0.0767. The van der Waals surface area contributed by atoms with E-state index in [-0.39, 0.29) is 11.5 Å². The molecule has 7 heteroatoms. The lowest BCUT2D eigenvalue weighted by atomic mass is 9.84. The van der Waals surface area contributed by atoms with Gasteiger partial charge >= 0.3 is 0 Å². The summed E-state index contributed by atoms with van der Waals surface area (Å²) in [5.74, 6) is 2.79. The fraction of sp³-hybridized carbons (Fsp3) is 0.800. The highest BCUT2D eigenvalue weighted by Gasteiger charge is 2.28. The van der Waals surface area contributed by atoms with Crippen LogP contribution in [0.25, 0.3) is 0 Å². The predicted octanol–water partition coefficient (Wildman–Crippen LogP) is 3.44. The molecule has 0 spiro atoms. The molecule has 1 aromatic heterocycles. The first-order valence-electron chi connectivity index (χ1n) is 12.6. The summed E-state index contributed by atoms with van der Waals surface area (Å²) in [7, 11) is 0. The number of carbonyl (C=O) groups is 1. The number of anilines is 1. The first-order valence-corrected chi connectivity index (χ1v) is 12.6. The second-order valence-electron chi connectivity index (χ2n) is 10.8. The van der Waals surface area contributed by atoms with Crippen LogP contribution in [0.3, 0.4) is 0 Å². The van der Waals surface area contributed by atoms with Gasteiger partial charge in [0.05, 0.1) is 12.3 Å². The van der Waals surface area contributed by atoms with E-state index in [1.807, 2.05) is 0 Å². The Labute approximate surface area is 193 Å². The van der Waals surface area contributed by atoms with Gasteiger partial charge in [-0.3, -0.25) is 4.79 Å². The lowest BCUT2D eigenvalue weighted by Gasteiger charge is -2.30. The summed E-state index contributed by atoms with van der Waals surface area (Å²) in [4.78, 5) is 25.6. The molecule has 1 N–H and O–H groups in total. The number of hydrogen-bond acceptors (Lipinski definition) is 6. The summed E-state index contributed by atoms with van der Waals surface area (Å²) < 4.78 is 5.74. The second kappa shape index (κ2) is 10.5. The molecule has 1 aromatic rings. The van der Waals surface area contributed by atoms with Gasteiger partial charge < -0.3 is 19.9 Å². The van der Waals surface area contributed by atoms with Crippen LogP contribution in [0.1, 0.15) is 83.3 Å². The predicted molar refractivity (Wildman–Crippen MR) is 127 cm³/mol. The van der Waals surface area contributed by atoms with Gasteiger partial charge in [-0.1, -0.05) is 20.8 Å². The normalized spacial score (nSPS) is 27.5. The number of nitrogens with one attached hydrogen (secondary N) is 1. The van der Waals surface area contributed by atoms with Crippen molar-refractivity contribution in [3.8, 4) is 0 Å². The van der Waals surface area contributed by atoms with Gasteiger partial charge in [0.25, 0.3) is 0 Å². The van der Waals surface area contributed by atoms with Gasteiger partial charge in [-0.15, -0.1) is 0 Å². The van der Waals surface area contributed by atoms with Crippen LogP contribution in [0.2, 0.25) is 0 Å². The van der Waals surface area contributed by atoms with Crippen molar-refractivity contribution in [2.75, 3.05) is 44.2 Å². The van der Waals surface area contributed by atoms with Crippen LogP contribution in [0.4, 0.5) is 5.82 Å². The van der Waals surface area contributed by atoms with Crippen LogP contribution < -0.4 is 10.2 Å². The van der Waals surface area contributed by atoms with Gasteiger partial charge in [-0.05, 0) is 57.5 Å². The number of carbonyl (C=O) groups excluding carboxylic acids is 1. The van der Waals surface area contributed by atoms with Gasteiger partial charge in [-0.2, -0.15) is 0 Å². The summed E-state index contributed by atoms with van der Waals surface area (Å²) in [5.41, 5.74) is 0.971. The lowest BCUT2D eigenvalue weighted by Crippen LogP contribution is -2.35. The summed E-state index contributed by atoms with van der Waals surface area (Å²) in [6, 6.07) is 2.57. The molecule has 1 unspecified atom stereocenters. The second-order valence-corrected chi connectivity index (χ2v) is 10.8. The van der Waals surface area contributed by atoms with E-state index in [1.165, 1.54) is 32.2 Å². The Morgan fingerprint density at radius 3 is 2.53 bits per heavy atom. The minimum Gasteiger partial charge on any atom is -0.372 e. The number of rotatable bonds is 7. The van der Waals surface area contributed by atoms with Gasteiger partial charge in [0.1, 0.15) is 17.7 Å². The molecule has 1 aliphatic carbocycles. The zero-order chi connectivity index (χ0) is 22.6. The van der Waals surface area contributed by atoms with E-state index in [9.17, 15) is 4.79 Å². The Hall–Kier alpha value is -1.73. The van der Waals surface area contributed by atoms with E-state index in [4.69, 9.17) is 14.7 Å². The minimum atomic E-state index is -0.0767. The maximum atomic E-state index is 10.7. The molecule has 178 valence electrons. The molecule has 0 radical (unpaired) electrons. The summed E-state index contributed by atoms with van der Waals surface area (Å²) >= 11 is 0. The van der Waals surface area contributed by atoms with Gasteiger partial charge in [-0.25, -0.2) is 9.97 Å². The summed E-state index contributed by atoms with van der Waals surface area (Å²) in [5, 5.41) is 2.96. The third kappa shape index (κ3) is 5.98. The highest BCUT2D eigenvalue weighted by Crippen LogP contribution is 2.32. The number of nitrogens with zero attached hydrogens (tertiary/aromatic N) is 4. The third-order valence-electron chi connectivity index (χ3n) is 7.35. The topological polar surface area (TPSA) is 70.6 Å². The highest BCUT2D eigenvalue weighted by molar-refractivity contribution is 5.46. The quantitative estimate of drug-likeness (QED) is 0.651. The van der Waals surface area contributed by atoms with Crippen molar-refractivity contribution in [2.24, 2.45) is 5.92 Å². The molecule has 1 amide bonds. The Balaban J connectivity index is 1.32. The molecule has 3 heterocycles. The Bertz CT molecular complexity index is 753. The zero-order valence-electron chi connectivity index (χ0n) is 20.2. The van der Waals surface area contributed by atoms with Crippen molar-refractivity contribution in [1.29, 1.82) is 0 Å². The smallest absolute Gasteiger partial charge is 0.207 e. The average molecular weight is 444 g/mol. The number of ether oxygens (including phenoxy) is 1. The van der Waals surface area contributed by atoms with Crippen molar-refractivity contribution in [3.05, 3.63) is 17.6 Å². The zero-order valence-corrected chi connectivity index (χ0v) is 20.2. The summed E-state index contributed by atoms with van der Waals surface area (Å²) in [6.07, 6.45) is 9.25. The van der Waals surface area contributed by atoms with Crippen molar-refractivity contribution < 1.29 is 9.53 Å². The Kier molecular flexibility index (Phi) is 7.66. The highest BCUT2D eigenvalue weighted by atomic mass is 16.5.